The summed E-state index contributed by atoms with van der Waals surface area (Å²) in [6, 6.07) is 13.3. The molecule has 0 N–H and O–H groups in total. The van der Waals surface area contributed by atoms with Gasteiger partial charge in [-0.1, -0.05) is 18.2 Å². The van der Waals surface area contributed by atoms with Gasteiger partial charge in [0, 0.05) is 32.7 Å². The normalized spacial score (nSPS) is 15.2. The number of carbonyl (C=O) groups excluding carboxylic acids is 2. The number of ketones is 1. The second-order valence-electron chi connectivity index (χ2n) is 6.02. The molecular weight excluding hydrogens is 336 g/mol. The lowest BCUT2D eigenvalue weighted by Gasteiger charge is -2.34. The Hall–Kier alpha value is -2.18. The molecule has 1 saturated heterocycles. The topological polar surface area (TPSA) is 49.9 Å². The van der Waals surface area contributed by atoms with Gasteiger partial charge in [-0.05, 0) is 31.2 Å². The Morgan fingerprint density at radius 3 is 2.32 bits per heavy atom. The standard InChI is InChI=1S/C19H22N2O3S/c1-15(22)17-7-8-18(25-17)19(23)21-11-9-20(10-12-21)13-14-24-16-5-3-2-4-6-16/h2-8H,9-14H2,1H3. The van der Waals surface area contributed by atoms with Gasteiger partial charge in [-0.15, -0.1) is 11.3 Å². The fourth-order valence-electron chi connectivity index (χ4n) is 2.78. The number of para-hydroxylation sites is 1. The average Bonchev–Trinajstić information content (AvgIpc) is 3.13. The molecule has 0 spiro atoms. The molecule has 1 aromatic carbocycles. The highest BCUT2D eigenvalue weighted by Gasteiger charge is 2.23. The van der Waals surface area contributed by atoms with E-state index in [0.29, 0.717) is 29.5 Å². The second kappa shape index (κ2) is 8.27. The van der Waals surface area contributed by atoms with E-state index in [1.54, 1.807) is 12.1 Å². The van der Waals surface area contributed by atoms with E-state index < -0.39 is 0 Å². The predicted molar refractivity (Wildman–Crippen MR) is 98.6 cm³/mol. The number of amides is 1. The lowest BCUT2D eigenvalue weighted by atomic mass is 10.3. The first-order valence-electron chi connectivity index (χ1n) is 8.44. The van der Waals surface area contributed by atoms with Crippen molar-refractivity contribution < 1.29 is 14.3 Å². The van der Waals surface area contributed by atoms with E-state index in [-0.39, 0.29) is 11.7 Å². The van der Waals surface area contributed by atoms with Crippen LogP contribution in [0.3, 0.4) is 0 Å². The number of nitrogens with zero attached hydrogens (tertiary/aromatic N) is 2. The summed E-state index contributed by atoms with van der Waals surface area (Å²) in [5, 5.41) is 0. The molecule has 0 aliphatic carbocycles. The van der Waals surface area contributed by atoms with Gasteiger partial charge >= 0.3 is 0 Å². The van der Waals surface area contributed by atoms with Crippen molar-refractivity contribution in [3.63, 3.8) is 0 Å². The van der Waals surface area contributed by atoms with E-state index >= 15 is 0 Å². The molecule has 132 valence electrons. The molecule has 1 aromatic heterocycles. The third-order valence-electron chi connectivity index (χ3n) is 4.24. The summed E-state index contributed by atoms with van der Waals surface area (Å²) in [6.07, 6.45) is 0. The SMILES string of the molecule is CC(=O)c1ccc(C(=O)N2CCN(CCOc3ccccc3)CC2)s1. The number of benzene rings is 1. The minimum atomic E-state index is 0.00675. The predicted octanol–water partition coefficient (Wildman–Crippen LogP) is 2.79. The Kier molecular flexibility index (Phi) is 5.83. The largest absolute Gasteiger partial charge is 0.492 e. The van der Waals surface area contributed by atoms with Crippen LogP contribution in [0.25, 0.3) is 0 Å². The van der Waals surface area contributed by atoms with Crippen molar-refractivity contribution in [1.82, 2.24) is 9.80 Å². The van der Waals surface area contributed by atoms with Gasteiger partial charge in [-0.3, -0.25) is 14.5 Å². The molecule has 0 atom stereocenters. The fourth-order valence-corrected chi connectivity index (χ4v) is 3.65. The molecule has 0 radical (unpaired) electrons. The Morgan fingerprint density at radius 2 is 1.68 bits per heavy atom. The smallest absolute Gasteiger partial charge is 0.264 e. The zero-order valence-electron chi connectivity index (χ0n) is 14.3. The van der Waals surface area contributed by atoms with Crippen LogP contribution in [-0.4, -0.2) is 60.8 Å². The number of Topliss-reactive ketones (excluding diaryl/α,β-unsaturated/α-hetero) is 1. The number of hydrogen-bond acceptors (Lipinski definition) is 5. The molecule has 1 aliphatic rings. The van der Waals surface area contributed by atoms with Crippen LogP contribution >= 0.6 is 11.3 Å². The third-order valence-corrected chi connectivity index (χ3v) is 5.42. The van der Waals surface area contributed by atoms with Crippen molar-refractivity contribution in [3.8, 4) is 5.75 Å². The summed E-state index contributed by atoms with van der Waals surface area (Å²) in [5.74, 6) is 0.917. The zero-order valence-corrected chi connectivity index (χ0v) is 15.1. The first-order valence-corrected chi connectivity index (χ1v) is 9.25. The summed E-state index contributed by atoms with van der Waals surface area (Å²) < 4.78 is 5.73. The van der Waals surface area contributed by atoms with Gasteiger partial charge in [0.25, 0.3) is 5.91 Å². The van der Waals surface area contributed by atoms with Gasteiger partial charge in [0.05, 0.1) is 9.75 Å². The van der Waals surface area contributed by atoms with Crippen molar-refractivity contribution in [2.75, 3.05) is 39.3 Å². The molecule has 2 aromatic rings. The highest BCUT2D eigenvalue weighted by atomic mass is 32.1. The van der Waals surface area contributed by atoms with Gasteiger partial charge in [-0.2, -0.15) is 0 Å². The van der Waals surface area contributed by atoms with Crippen LogP contribution < -0.4 is 4.74 Å². The lowest BCUT2D eigenvalue weighted by Crippen LogP contribution is -2.49. The highest BCUT2D eigenvalue weighted by Crippen LogP contribution is 2.19. The van der Waals surface area contributed by atoms with E-state index in [4.69, 9.17) is 4.74 Å². The van der Waals surface area contributed by atoms with Crippen LogP contribution in [0.2, 0.25) is 0 Å². The summed E-state index contributed by atoms with van der Waals surface area (Å²) in [4.78, 5) is 29.4. The van der Waals surface area contributed by atoms with E-state index in [0.717, 1.165) is 25.4 Å². The third kappa shape index (κ3) is 4.67. The monoisotopic (exact) mass is 358 g/mol. The Labute approximate surface area is 151 Å². The van der Waals surface area contributed by atoms with Crippen molar-refractivity contribution >= 4 is 23.0 Å². The van der Waals surface area contributed by atoms with Crippen LogP contribution in [0.4, 0.5) is 0 Å². The molecule has 2 heterocycles. The first-order chi connectivity index (χ1) is 12.1. The highest BCUT2D eigenvalue weighted by molar-refractivity contribution is 7.15. The van der Waals surface area contributed by atoms with E-state index in [1.807, 2.05) is 35.2 Å². The maximum absolute atomic E-state index is 12.5. The molecule has 3 rings (SSSR count). The van der Waals surface area contributed by atoms with Crippen LogP contribution in [0.15, 0.2) is 42.5 Å². The molecule has 1 aliphatic heterocycles. The van der Waals surface area contributed by atoms with Gasteiger partial charge < -0.3 is 9.64 Å². The second-order valence-corrected chi connectivity index (χ2v) is 7.10. The zero-order chi connectivity index (χ0) is 17.6. The van der Waals surface area contributed by atoms with Gasteiger partial charge in [-0.25, -0.2) is 0 Å². The van der Waals surface area contributed by atoms with Gasteiger partial charge in [0.15, 0.2) is 5.78 Å². The fraction of sp³-hybridized carbons (Fsp3) is 0.368. The summed E-state index contributed by atoms with van der Waals surface area (Å²) in [5.41, 5.74) is 0. The molecule has 5 nitrogen and oxygen atoms in total. The molecule has 0 saturated carbocycles. The molecule has 25 heavy (non-hydrogen) atoms. The number of carbonyl (C=O) groups is 2. The van der Waals surface area contributed by atoms with E-state index in [9.17, 15) is 9.59 Å². The summed E-state index contributed by atoms with van der Waals surface area (Å²) in [6.45, 7) is 6.12. The number of rotatable bonds is 6. The van der Waals surface area contributed by atoms with Crippen molar-refractivity contribution in [2.45, 2.75) is 6.92 Å². The van der Waals surface area contributed by atoms with Crippen LogP contribution in [0.1, 0.15) is 26.3 Å². The maximum Gasteiger partial charge on any atom is 0.264 e. The molecule has 0 bridgehead atoms. The minimum absolute atomic E-state index is 0.00675. The number of piperazine rings is 1. The van der Waals surface area contributed by atoms with Crippen LogP contribution in [0.5, 0.6) is 5.75 Å². The molecule has 1 fully saturated rings. The molecule has 0 unspecified atom stereocenters. The number of hydrogen-bond donors (Lipinski definition) is 0. The average molecular weight is 358 g/mol. The summed E-state index contributed by atoms with van der Waals surface area (Å²) in [7, 11) is 0. The number of thiophene rings is 1. The molecule has 6 heteroatoms. The Morgan fingerprint density at radius 1 is 1.00 bits per heavy atom. The maximum atomic E-state index is 12.5. The van der Waals surface area contributed by atoms with Crippen LogP contribution in [-0.2, 0) is 0 Å². The van der Waals surface area contributed by atoms with Crippen molar-refractivity contribution in [2.24, 2.45) is 0 Å². The first kappa shape index (κ1) is 17.6. The van der Waals surface area contributed by atoms with Crippen molar-refractivity contribution in [1.29, 1.82) is 0 Å². The van der Waals surface area contributed by atoms with Gasteiger partial charge in [0.2, 0.25) is 0 Å². The lowest BCUT2D eigenvalue weighted by molar-refractivity contribution is 0.0625. The molecular formula is C19H22N2O3S. The summed E-state index contributed by atoms with van der Waals surface area (Å²) >= 11 is 1.28. The van der Waals surface area contributed by atoms with E-state index in [1.165, 1.54) is 18.3 Å². The van der Waals surface area contributed by atoms with Crippen LogP contribution in [0, 0.1) is 0 Å². The van der Waals surface area contributed by atoms with E-state index in [2.05, 4.69) is 4.90 Å². The quantitative estimate of drug-likeness (QED) is 0.745. The Bertz CT molecular complexity index is 721. The molecule has 1 amide bonds. The van der Waals surface area contributed by atoms with Gasteiger partial charge in [0.1, 0.15) is 12.4 Å². The Balaban J connectivity index is 1.43. The minimum Gasteiger partial charge on any atom is -0.492 e. The van der Waals surface area contributed by atoms with Crippen molar-refractivity contribution in [3.05, 3.63) is 52.2 Å². The number of ether oxygens (including phenoxy) is 1.